The third-order valence-corrected chi connectivity index (χ3v) is 3.09. The topological polar surface area (TPSA) is 43.7 Å². The first kappa shape index (κ1) is 14.5. The summed E-state index contributed by atoms with van der Waals surface area (Å²) < 4.78 is 13.0. The fourth-order valence-corrected chi connectivity index (χ4v) is 2.06. The van der Waals surface area contributed by atoms with Gasteiger partial charge in [-0.2, -0.15) is 11.8 Å². The van der Waals surface area contributed by atoms with E-state index in [0.717, 1.165) is 17.9 Å². The molecule has 94 valence electrons. The first-order valence-electron chi connectivity index (χ1n) is 5.36. The minimum Gasteiger partial charge on any atom is -0.423 e. The molecule has 0 aromatic heterocycles. The van der Waals surface area contributed by atoms with Crippen LogP contribution in [-0.2, 0) is 6.54 Å². The second-order valence-electron chi connectivity index (χ2n) is 3.95. The van der Waals surface area contributed by atoms with Crippen molar-refractivity contribution in [2.45, 2.75) is 6.54 Å². The van der Waals surface area contributed by atoms with Crippen LogP contribution in [0, 0.1) is 5.82 Å². The summed E-state index contributed by atoms with van der Waals surface area (Å²) in [5.41, 5.74) is 0.978. The Hall–Kier alpha value is -0.555. The third-order valence-electron chi connectivity index (χ3n) is 2.50. The molecule has 0 spiro atoms. The number of thioether (sulfide) groups is 1. The molecule has 0 saturated heterocycles. The zero-order valence-corrected chi connectivity index (χ0v) is 10.9. The van der Waals surface area contributed by atoms with Crippen molar-refractivity contribution in [3.63, 3.8) is 0 Å². The van der Waals surface area contributed by atoms with Crippen LogP contribution in [0.25, 0.3) is 0 Å². The molecule has 0 unspecified atom stereocenters. The summed E-state index contributed by atoms with van der Waals surface area (Å²) in [4.78, 5) is 2.07. The molecule has 0 bridgehead atoms. The lowest BCUT2D eigenvalue weighted by atomic mass is 9.77. The van der Waals surface area contributed by atoms with E-state index >= 15 is 0 Å². The molecule has 3 nitrogen and oxygen atoms in total. The first-order valence-corrected chi connectivity index (χ1v) is 6.76. The smallest absolute Gasteiger partial charge is 0.423 e. The van der Waals surface area contributed by atoms with Crippen LogP contribution >= 0.6 is 11.8 Å². The summed E-state index contributed by atoms with van der Waals surface area (Å²) in [7, 11) is 0.322. The number of halogens is 1. The fourth-order valence-electron chi connectivity index (χ4n) is 1.57. The molecule has 17 heavy (non-hydrogen) atoms. The third kappa shape index (κ3) is 4.67. The highest BCUT2D eigenvalue weighted by Crippen LogP contribution is 2.05. The molecule has 2 N–H and O–H groups in total. The molecular weight excluding hydrogens is 240 g/mol. The van der Waals surface area contributed by atoms with Gasteiger partial charge in [-0.25, -0.2) is 4.39 Å². The van der Waals surface area contributed by atoms with E-state index in [1.54, 1.807) is 17.8 Å². The number of rotatable bonds is 6. The zero-order chi connectivity index (χ0) is 12.8. The van der Waals surface area contributed by atoms with Gasteiger partial charge in [0.2, 0.25) is 0 Å². The van der Waals surface area contributed by atoms with Crippen molar-refractivity contribution < 1.29 is 14.4 Å². The van der Waals surface area contributed by atoms with Gasteiger partial charge in [-0.05, 0) is 36.5 Å². The van der Waals surface area contributed by atoms with Crippen LogP contribution in [0.1, 0.15) is 5.56 Å². The van der Waals surface area contributed by atoms with Crippen molar-refractivity contribution in [2.24, 2.45) is 0 Å². The first-order chi connectivity index (χ1) is 8.04. The maximum atomic E-state index is 13.0. The molecule has 1 rings (SSSR count). The molecule has 0 aliphatic heterocycles. The average Bonchev–Trinajstić information content (AvgIpc) is 2.28. The highest BCUT2D eigenvalue weighted by Gasteiger charge is 2.17. The lowest BCUT2D eigenvalue weighted by molar-refractivity contribution is 0.348. The molecule has 0 radical (unpaired) electrons. The van der Waals surface area contributed by atoms with Gasteiger partial charge in [0.05, 0.1) is 0 Å². The Bertz CT molecular complexity index is 365. The van der Waals surface area contributed by atoms with Gasteiger partial charge in [0.25, 0.3) is 0 Å². The summed E-state index contributed by atoms with van der Waals surface area (Å²) in [5, 5.41) is 18.4. The van der Waals surface area contributed by atoms with E-state index in [4.69, 9.17) is 0 Å². The molecular formula is C11H17BFNO2S. The molecule has 0 aliphatic rings. The predicted molar refractivity (Wildman–Crippen MR) is 70.9 cm³/mol. The van der Waals surface area contributed by atoms with E-state index in [1.165, 1.54) is 12.1 Å². The standard InChI is InChI=1S/C11H17BFNO2S/c1-14(5-6-17-2)8-9-3-4-10(13)7-11(9)12(15)16/h3-4,7,15-16H,5-6,8H2,1-2H3. The lowest BCUT2D eigenvalue weighted by Gasteiger charge is -2.18. The van der Waals surface area contributed by atoms with Gasteiger partial charge in [-0.15, -0.1) is 0 Å². The van der Waals surface area contributed by atoms with E-state index in [2.05, 4.69) is 4.90 Å². The van der Waals surface area contributed by atoms with E-state index in [0.29, 0.717) is 6.54 Å². The Morgan fingerprint density at radius 3 is 2.71 bits per heavy atom. The molecule has 0 aliphatic carbocycles. The van der Waals surface area contributed by atoms with Crippen LogP contribution in [0.3, 0.4) is 0 Å². The molecule has 0 fully saturated rings. The minimum absolute atomic E-state index is 0.237. The predicted octanol–water partition coefficient (Wildman–Crippen LogP) is 0.300. The van der Waals surface area contributed by atoms with Crippen molar-refractivity contribution >= 4 is 24.3 Å². The Kier molecular flexibility index (Phi) is 5.98. The van der Waals surface area contributed by atoms with Crippen molar-refractivity contribution in [3.8, 4) is 0 Å². The largest absolute Gasteiger partial charge is 0.488 e. The van der Waals surface area contributed by atoms with Gasteiger partial charge in [0, 0.05) is 18.8 Å². The number of benzene rings is 1. The van der Waals surface area contributed by atoms with E-state index in [1.807, 2.05) is 13.3 Å². The Labute approximate surface area is 106 Å². The molecule has 6 heteroatoms. The van der Waals surface area contributed by atoms with E-state index < -0.39 is 12.9 Å². The maximum Gasteiger partial charge on any atom is 0.488 e. The van der Waals surface area contributed by atoms with Crippen LogP contribution in [-0.4, -0.2) is 47.7 Å². The molecule has 1 aromatic carbocycles. The molecule has 0 amide bonds. The molecule has 0 saturated carbocycles. The number of hydrogen-bond donors (Lipinski definition) is 2. The Morgan fingerprint density at radius 2 is 2.12 bits per heavy atom. The normalized spacial score (nSPS) is 10.9. The SMILES string of the molecule is CSCCN(C)Cc1ccc(F)cc1B(O)O. The van der Waals surface area contributed by atoms with Crippen molar-refractivity contribution in [1.29, 1.82) is 0 Å². The van der Waals surface area contributed by atoms with Crippen molar-refractivity contribution in [2.75, 3.05) is 25.6 Å². The summed E-state index contributed by atoms with van der Waals surface area (Å²) in [6.07, 6.45) is 2.04. The van der Waals surface area contributed by atoms with Crippen molar-refractivity contribution in [1.82, 2.24) is 4.90 Å². The Morgan fingerprint density at radius 1 is 1.41 bits per heavy atom. The number of hydrogen-bond acceptors (Lipinski definition) is 4. The highest BCUT2D eigenvalue weighted by atomic mass is 32.2. The second kappa shape index (κ2) is 7.01. The van der Waals surface area contributed by atoms with Crippen LogP contribution < -0.4 is 5.46 Å². The van der Waals surface area contributed by atoms with Gasteiger partial charge in [-0.1, -0.05) is 6.07 Å². The quantitative estimate of drug-likeness (QED) is 0.719. The molecule has 0 heterocycles. The Balaban J connectivity index is 2.76. The summed E-state index contributed by atoms with van der Waals surface area (Å²) in [6.45, 7) is 1.48. The molecule has 1 aromatic rings. The lowest BCUT2D eigenvalue weighted by Crippen LogP contribution is -2.35. The van der Waals surface area contributed by atoms with Crippen molar-refractivity contribution in [3.05, 3.63) is 29.6 Å². The van der Waals surface area contributed by atoms with Crippen LogP contribution in [0.2, 0.25) is 0 Å². The summed E-state index contributed by atoms with van der Waals surface area (Å²) >= 11 is 1.75. The van der Waals surface area contributed by atoms with Crippen LogP contribution in [0.4, 0.5) is 4.39 Å². The van der Waals surface area contributed by atoms with E-state index in [-0.39, 0.29) is 5.46 Å². The van der Waals surface area contributed by atoms with Gasteiger partial charge < -0.3 is 14.9 Å². The molecule has 0 atom stereocenters. The van der Waals surface area contributed by atoms with Crippen LogP contribution in [0.15, 0.2) is 18.2 Å². The van der Waals surface area contributed by atoms with Gasteiger partial charge >= 0.3 is 7.12 Å². The average molecular weight is 257 g/mol. The van der Waals surface area contributed by atoms with Crippen LogP contribution in [0.5, 0.6) is 0 Å². The summed E-state index contributed by atoms with van der Waals surface area (Å²) in [5.74, 6) is 0.554. The second-order valence-corrected chi connectivity index (χ2v) is 4.93. The van der Waals surface area contributed by atoms with Gasteiger partial charge in [0.15, 0.2) is 0 Å². The fraction of sp³-hybridized carbons (Fsp3) is 0.455. The monoisotopic (exact) mass is 257 g/mol. The summed E-state index contributed by atoms with van der Waals surface area (Å²) in [6, 6.07) is 4.10. The minimum atomic E-state index is -1.63. The maximum absolute atomic E-state index is 13.0. The van der Waals surface area contributed by atoms with Gasteiger partial charge in [0.1, 0.15) is 5.82 Å². The van der Waals surface area contributed by atoms with E-state index in [9.17, 15) is 14.4 Å². The van der Waals surface area contributed by atoms with Gasteiger partial charge in [-0.3, -0.25) is 0 Å². The zero-order valence-electron chi connectivity index (χ0n) is 10.1. The highest BCUT2D eigenvalue weighted by molar-refractivity contribution is 7.98. The number of nitrogens with zero attached hydrogens (tertiary/aromatic N) is 1.